The van der Waals surface area contributed by atoms with Crippen molar-refractivity contribution in [1.29, 1.82) is 0 Å². The standard InChI is InChI=1S/C11H20N4/c1-3-12-6-10-4-5-15(8-10)11-7-13-14(2)9-11/h7,9-10,12H,3-6,8H2,1-2H3. The minimum absolute atomic E-state index is 0.796. The van der Waals surface area contributed by atoms with Crippen molar-refractivity contribution >= 4 is 5.69 Å². The van der Waals surface area contributed by atoms with Crippen LogP contribution in [0, 0.1) is 5.92 Å². The Bertz CT molecular complexity index is 307. The molecule has 4 heteroatoms. The predicted octanol–water partition coefficient (Wildman–Crippen LogP) is 0.856. The summed E-state index contributed by atoms with van der Waals surface area (Å²) in [6.45, 7) is 6.71. The maximum atomic E-state index is 4.21. The van der Waals surface area contributed by atoms with Gasteiger partial charge in [0.15, 0.2) is 0 Å². The van der Waals surface area contributed by atoms with Crippen molar-refractivity contribution in [3.05, 3.63) is 12.4 Å². The lowest BCUT2D eigenvalue weighted by Crippen LogP contribution is -2.26. The molecule has 0 aliphatic carbocycles. The summed E-state index contributed by atoms with van der Waals surface area (Å²) in [5.41, 5.74) is 1.26. The summed E-state index contributed by atoms with van der Waals surface area (Å²) >= 11 is 0. The fourth-order valence-electron chi connectivity index (χ4n) is 2.15. The molecular weight excluding hydrogens is 188 g/mol. The van der Waals surface area contributed by atoms with Gasteiger partial charge in [-0.1, -0.05) is 6.92 Å². The highest BCUT2D eigenvalue weighted by Gasteiger charge is 2.22. The van der Waals surface area contributed by atoms with Gasteiger partial charge < -0.3 is 10.2 Å². The highest BCUT2D eigenvalue weighted by atomic mass is 15.3. The first kappa shape index (κ1) is 10.5. The van der Waals surface area contributed by atoms with Crippen molar-refractivity contribution in [2.75, 3.05) is 31.1 Å². The molecule has 1 aliphatic rings. The number of rotatable bonds is 4. The molecule has 2 heterocycles. The largest absolute Gasteiger partial charge is 0.369 e. The highest BCUT2D eigenvalue weighted by molar-refractivity contribution is 5.43. The van der Waals surface area contributed by atoms with Crippen molar-refractivity contribution in [3.8, 4) is 0 Å². The molecule has 2 rings (SSSR count). The average Bonchev–Trinajstić information content (AvgIpc) is 2.83. The summed E-state index contributed by atoms with van der Waals surface area (Å²) < 4.78 is 1.87. The molecule has 1 aromatic rings. The Morgan fingerprint density at radius 2 is 2.47 bits per heavy atom. The molecule has 1 unspecified atom stereocenters. The Morgan fingerprint density at radius 3 is 3.13 bits per heavy atom. The van der Waals surface area contributed by atoms with Crippen LogP contribution in [0.4, 0.5) is 5.69 Å². The Labute approximate surface area is 91.3 Å². The number of aromatic nitrogens is 2. The zero-order valence-corrected chi connectivity index (χ0v) is 9.61. The lowest BCUT2D eigenvalue weighted by atomic mass is 10.1. The first-order valence-corrected chi connectivity index (χ1v) is 5.74. The molecule has 1 fully saturated rings. The smallest absolute Gasteiger partial charge is 0.0752 e. The maximum Gasteiger partial charge on any atom is 0.0752 e. The van der Waals surface area contributed by atoms with Gasteiger partial charge in [0.25, 0.3) is 0 Å². The summed E-state index contributed by atoms with van der Waals surface area (Å²) in [7, 11) is 1.97. The van der Waals surface area contributed by atoms with Crippen LogP contribution in [0.3, 0.4) is 0 Å². The monoisotopic (exact) mass is 208 g/mol. The van der Waals surface area contributed by atoms with E-state index in [4.69, 9.17) is 0 Å². The summed E-state index contributed by atoms with van der Waals surface area (Å²) in [6, 6.07) is 0. The van der Waals surface area contributed by atoms with E-state index in [2.05, 4.69) is 28.4 Å². The van der Waals surface area contributed by atoms with Crippen molar-refractivity contribution in [1.82, 2.24) is 15.1 Å². The second-order valence-corrected chi connectivity index (χ2v) is 4.28. The van der Waals surface area contributed by atoms with E-state index < -0.39 is 0 Å². The van der Waals surface area contributed by atoms with Gasteiger partial charge in [0, 0.05) is 26.3 Å². The molecule has 0 spiro atoms. The van der Waals surface area contributed by atoms with E-state index in [9.17, 15) is 0 Å². The Kier molecular flexibility index (Phi) is 3.26. The van der Waals surface area contributed by atoms with Crippen molar-refractivity contribution < 1.29 is 0 Å². The quantitative estimate of drug-likeness (QED) is 0.796. The summed E-state index contributed by atoms with van der Waals surface area (Å²) in [5.74, 6) is 0.796. The first-order chi connectivity index (χ1) is 7.29. The molecule has 0 bridgehead atoms. The van der Waals surface area contributed by atoms with Gasteiger partial charge in [-0.15, -0.1) is 0 Å². The lowest BCUT2D eigenvalue weighted by molar-refractivity contribution is 0.528. The number of nitrogens with zero attached hydrogens (tertiary/aromatic N) is 3. The van der Waals surface area contributed by atoms with Gasteiger partial charge in [0.2, 0.25) is 0 Å². The van der Waals surface area contributed by atoms with E-state index in [1.807, 2.05) is 17.9 Å². The van der Waals surface area contributed by atoms with Gasteiger partial charge in [0.1, 0.15) is 0 Å². The van der Waals surface area contributed by atoms with Crippen LogP contribution in [-0.4, -0.2) is 36.0 Å². The van der Waals surface area contributed by atoms with Gasteiger partial charge in [0.05, 0.1) is 11.9 Å². The third kappa shape index (κ3) is 2.50. The molecule has 84 valence electrons. The summed E-state index contributed by atoms with van der Waals surface area (Å²) in [6.07, 6.45) is 5.34. The maximum absolute atomic E-state index is 4.21. The first-order valence-electron chi connectivity index (χ1n) is 5.74. The van der Waals surface area contributed by atoms with Gasteiger partial charge in [-0.25, -0.2) is 0 Å². The van der Waals surface area contributed by atoms with Gasteiger partial charge in [-0.3, -0.25) is 4.68 Å². The molecule has 0 amide bonds. The van der Waals surface area contributed by atoms with E-state index in [0.717, 1.165) is 19.0 Å². The molecule has 4 nitrogen and oxygen atoms in total. The van der Waals surface area contributed by atoms with E-state index in [0.29, 0.717) is 0 Å². The minimum Gasteiger partial charge on any atom is -0.369 e. The molecule has 1 aliphatic heterocycles. The number of aryl methyl sites for hydroxylation is 1. The molecule has 1 N–H and O–H groups in total. The topological polar surface area (TPSA) is 33.1 Å². The lowest BCUT2D eigenvalue weighted by Gasteiger charge is -2.16. The molecule has 15 heavy (non-hydrogen) atoms. The predicted molar refractivity (Wildman–Crippen MR) is 62.1 cm³/mol. The normalized spacial score (nSPS) is 21.2. The van der Waals surface area contributed by atoms with Crippen LogP contribution in [0.2, 0.25) is 0 Å². The molecular formula is C11H20N4. The number of hydrogen-bond acceptors (Lipinski definition) is 3. The van der Waals surface area contributed by atoms with Crippen LogP contribution >= 0.6 is 0 Å². The number of anilines is 1. The van der Waals surface area contributed by atoms with Crippen molar-refractivity contribution in [2.45, 2.75) is 13.3 Å². The fraction of sp³-hybridized carbons (Fsp3) is 0.727. The SMILES string of the molecule is CCNCC1CCN(c2cnn(C)c2)C1. The second kappa shape index (κ2) is 4.66. The van der Waals surface area contributed by atoms with Crippen LogP contribution in [0.15, 0.2) is 12.4 Å². The van der Waals surface area contributed by atoms with Crippen molar-refractivity contribution in [3.63, 3.8) is 0 Å². The Balaban J connectivity index is 1.87. The van der Waals surface area contributed by atoms with Crippen LogP contribution < -0.4 is 10.2 Å². The van der Waals surface area contributed by atoms with Crippen LogP contribution in [0.5, 0.6) is 0 Å². The van der Waals surface area contributed by atoms with Crippen molar-refractivity contribution in [2.24, 2.45) is 13.0 Å². The zero-order chi connectivity index (χ0) is 10.7. The molecule has 1 atom stereocenters. The van der Waals surface area contributed by atoms with Crippen LogP contribution in [0.1, 0.15) is 13.3 Å². The summed E-state index contributed by atoms with van der Waals surface area (Å²) in [5, 5.41) is 7.63. The minimum atomic E-state index is 0.796. The second-order valence-electron chi connectivity index (χ2n) is 4.28. The average molecular weight is 208 g/mol. The number of hydrogen-bond donors (Lipinski definition) is 1. The third-order valence-electron chi connectivity index (χ3n) is 3.03. The zero-order valence-electron chi connectivity index (χ0n) is 9.61. The summed E-state index contributed by atoms with van der Waals surface area (Å²) in [4.78, 5) is 2.43. The van der Waals surface area contributed by atoms with Gasteiger partial charge >= 0.3 is 0 Å². The van der Waals surface area contributed by atoms with Gasteiger partial charge in [-0.2, -0.15) is 5.10 Å². The van der Waals surface area contributed by atoms with Crippen LogP contribution in [0.25, 0.3) is 0 Å². The molecule has 0 saturated carbocycles. The van der Waals surface area contributed by atoms with E-state index in [-0.39, 0.29) is 0 Å². The van der Waals surface area contributed by atoms with Crippen LogP contribution in [-0.2, 0) is 7.05 Å². The third-order valence-corrected chi connectivity index (χ3v) is 3.03. The van der Waals surface area contributed by atoms with E-state index >= 15 is 0 Å². The molecule has 0 aromatic carbocycles. The number of nitrogens with one attached hydrogen (secondary N) is 1. The molecule has 1 aromatic heterocycles. The highest BCUT2D eigenvalue weighted by Crippen LogP contribution is 2.22. The van der Waals surface area contributed by atoms with E-state index in [1.165, 1.54) is 25.2 Å². The molecule has 1 saturated heterocycles. The van der Waals surface area contributed by atoms with E-state index in [1.54, 1.807) is 0 Å². The molecule has 0 radical (unpaired) electrons. The Hall–Kier alpha value is -1.03. The Morgan fingerprint density at radius 1 is 1.60 bits per heavy atom. The van der Waals surface area contributed by atoms with Gasteiger partial charge in [-0.05, 0) is 25.4 Å². The fourth-order valence-corrected chi connectivity index (χ4v) is 2.15.